The third-order valence-electron chi connectivity index (χ3n) is 19.0. The van der Waals surface area contributed by atoms with Crippen molar-refractivity contribution in [2.75, 3.05) is 19.8 Å². The molecule has 14 heteroatoms. The predicted molar refractivity (Wildman–Crippen MR) is 374 cm³/mol. The van der Waals surface area contributed by atoms with Crippen LogP contribution in [-0.2, 0) is 23.7 Å². The van der Waals surface area contributed by atoms with Crippen LogP contribution in [-0.4, -0.2) is 140 Å². The summed E-state index contributed by atoms with van der Waals surface area (Å²) in [4.78, 5) is 13.4. The third-order valence-corrected chi connectivity index (χ3v) is 19.0. The summed E-state index contributed by atoms with van der Waals surface area (Å²) in [7, 11) is 0. The monoisotopic (exact) mass is 1290 g/mol. The summed E-state index contributed by atoms with van der Waals surface area (Å²) < 4.78 is 22.9. The van der Waals surface area contributed by atoms with E-state index in [4.69, 9.17) is 18.9 Å². The summed E-state index contributed by atoms with van der Waals surface area (Å²) in [6.07, 6.45) is 63.7. The second kappa shape index (κ2) is 61.8. The van der Waals surface area contributed by atoms with E-state index in [0.29, 0.717) is 12.8 Å². The average Bonchev–Trinajstić information content (AvgIpc) is 1.15. The van der Waals surface area contributed by atoms with E-state index in [2.05, 4.69) is 43.5 Å². The number of allylic oxidation sites excluding steroid dienone is 5. The Bertz CT molecular complexity index is 1670. The number of unbranched alkanes of at least 4 members (excludes halogenated alkanes) is 48. The van der Waals surface area contributed by atoms with Gasteiger partial charge in [0, 0.05) is 6.42 Å². The van der Waals surface area contributed by atoms with E-state index in [9.17, 15) is 45.6 Å². The number of hydrogen-bond acceptors (Lipinski definition) is 13. The zero-order valence-corrected chi connectivity index (χ0v) is 58.6. The molecule has 14 nitrogen and oxygen atoms in total. The van der Waals surface area contributed by atoms with Crippen molar-refractivity contribution in [3.63, 3.8) is 0 Å². The van der Waals surface area contributed by atoms with Crippen LogP contribution in [0.1, 0.15) is 354 Å². The van der Waals surface area contributed by atoms with Crippen LogP contribution < -0.4 is 5.32 Å². The molecule has 2 heterocycles. The fraction of sp³-hybridized carbons (Fsp3) is 0.909. The van der Waals surface area contributed by atoms with Crippen molar-refractivity contribution in [3.8, 4) is 0 Å². The van der Waals surface area contributed by atoms with Crippen LogP contribution in [0.3, 0.4) is 0 Å². The molecule has 0 saturated carbocycles. The number of nitrogens with one attached hydrogen (secondary N) is 1. The van der Waals surface area contributed by atoms with Gasteiger partial charge in [-0.15, -0.1) is 0 Å². The fourth-order valence-electron chi connectivity index (χ4n) is 12.9. The molecule has 0 spiro atoms. The Labute approximate surface area is 557 Å². The first-order valence-corrected chi connectivity index (χ1v) is 38.7. The Hall–Kier alpha value is -1.79. The summed E-state index contributed by atoms with van der Waals surface area (Å²) >= 11 is 0. The van der Waals surface area contributed by atoms with Gasteiger partial charge in [0.25, 0.3) is 0 Å². The van der Waals surface area contributed by atoms with Gasteiger partial charge < -0.3 is 65.1 Å². The largest absolute Gasteiger partial charge is 0.394 e. The molecule has 0 aromatic heterocycles. The van der Waals surface area contributed by atoms with Gasteiger partial charge in [0.15, 0.2) is 12.6 Å². The molecule has 0 radical (unpaired) electrons. The standard InChI is InChI=1S/C77H145NO13/c1-3-5-7-9-11-13-15-17-19-21-23-25-27-29-30-31-32-33-34-35-37-38-40-42-44-46-48-50-52-54-56-58-60-66(81)65(64-88-76-74(87)72(85)75(68(63-80)90-76)91-77-73(86)71(84)70(83)67(62-79)89-77)78-69(82)61-59-57-55-53-51-49-47-45-43-41-39-36-28-26-24-22-20-18-16-14-12-10-8-6-4-2/h22,24,50,52,58,60,65-68,70-77,79-81,83-87H,3-21,23,25-49,51,53-57,59,61-64H2,1-2H3,(H,78,82)/b24-22-,52-50+,60-58+. The van der Waals surface area contributed by atoms with Crippen LogP contribution in [0.5, 0.6) is 0 Å². The van der Waals surface area contributed by atoms with Crippen molar-refractivity contribution in [3.05, 3.63) is 36.5 Å². The summed E-state index contributed by atoms with van der Waals surface area (Å²) in [5.41, 5.74) is 0. The Morgan fingerprint density at radius 2 is 0.703 bits per heavy atom. The summed E-state index contributed by atoms with van der Waals surface area (Å²) in [5.74, 6) is -0.244. The Kier molecular flexibility index (Phi) is 57.9. The van der Waals surface area contributed by atoms with E-state index in [1.54, 1.807) is 6.08 Å². The molecule has 0 aromatic carbocycles. The minimum Gasteiger partial charge on any atom is -0.394 e. The maximum absolute atomic E-state index is 13.4. The molecule has 2 fully saturated rings. The molecule has 2 aliphatic heterocycles. The molecule has 1 amide bonds. The number of carbonyl (C=O) groups is 1. The molecule has 2 rings (SSSR count). The minimum atomic E-state index is -1.79. The number of aliphatic hydroxyl groups excluding tert-OH is 8. The Balaban J connectivity index is 1.65. The van der Waals surface area contributed by atoms with Crippen molar-refractivity contribution in [1.82, 2.24) is 5.32 Å². The minimum absolute atomic E-state index is 0.244. The summed E-state index contributed by atoms with van der Waals surface area (Å²) in [6, 6.07) is -0.933. The van der Waals surface area contributed by atoms with E-state index in [1.807, 2.05) is 6.08 Å². The van der Waals surface area contributed by atoms with Gasteiger partial charge in [0.1, 0.15) is 48.8 Å². The normalized spacial score (nSPS) is 22.9. The van der Waals surface area contributed by atoms with Gasteiger partial charge in [-0.05, 0) is 57.8 Å². The first-order valence-electron chi connectivity index (χ1n) is 38.7. The highest BCUT2D eigenvalue weighted by Crippen LogP contribution is 2.30. The molecule has 536 valence electrons. The molecule has 0 aromatic rings. The maximum Gasteiger partial charge on any atom is 0.220 e. The van der Waals surface area contributed by atoms with Crippen LogP contribution in [0, 0.1) is 0 Å². The fourth-order valence-corrected chi connectivity index (χ4v) is 12.9. The SMILES string of the molecule is CCCCCCCCCC/C=C\CCCCCCCCCCCCCCCC(=O)NC(COC1OC(CO)C(OC2OC(CO)C(O)C(O)C2O)C(O)C1O)C(O)/C=C/CC/C=C/CCCCCCCCCCCCCCCCCCCCCCCCCCCC. The van der Waals surface area contributed by atoms with Gasteiger partial charge in [-0.2, -0.15) is 0 Å². The lowest BCUT2D eigenvalue weighted by Crippen LogP contribution is -2.65. The van der Waals surface area contributed by atoms with E-state index in [-0.39, 0.29) is 18.9 Å². The second-order valence-electron chi connectivity index (χ2n) is 27.5. The average molecular weight is 1290 g/mol. The second-order valence-corrected chi connectivity index (χ2v) is 27.5. The molecule has 91 heavy (non-hydrogen) atoms. The first-order chi connectivity index (χ1) is 44.6. The lowest BCUT2D eigenvalue weighted by atomic mass is 9.97. The highest BCUT2D eigenvalue weighted by molar-refractivity contribution is 5.76. The zero-order chi connectivity index (χ0) is 65.9. The first kappa shape index (κ1) is 85.3. The predicted octanol–water partition coefficient (Wildman–Crippen LogP) is 16.9. The highest BCUT2D eigenvalue weighted by Gasteiger charge is 2.51. The number of aliphatic hydroxyl groups is 8. The van der Waals surface area contributed by atoms with Gasteiger partial charge in [-0.25, -0.2) is 0 Å². The van der Waals surface area contributed by atoms with Crippen molar-refractivity contribution in [2.24, 2.45) is 0 Å². The van der Waals surface area contributed by atoms with E-state index in [0.717, 1.165) is 32.1 Å². The van der Waals surface area contributed by atoms with Crippen molar-refractivity contribution in [2.45, 2.75) is 428 Å². The van der Waals surface area contributed by atoms with Gasteiger partial charge in [-0.3, -0.25) is 4.79 Å². The van der Waals surface area contributed by atoms with Crippen LogP contribution in [0.4, 0.5) is 0 Å². The van der Waals surface area contributed by atoms with E-state index < -0.39 is 86.8 Å². The Morgan fingerprint density at radius 3 is 1.08 bits per heavy atom. The molecule has 9 N–H and O–H groups in total. The zero-order valence-electron chi connectivity index (χ0n) is 58.6. The number of rotatable bonds is 65. The quantitative estimate of drug-likeness (QED) is 0.0204. The number of ether oxygens (including phenoxy) is 4. The molecular weight excluding hydrogens is 1150 g/mol. The molecule has 2 saturated heterocycles. The van der Waals surface area contributed by atoms with Gasteiger partial charge in [-0.1, -0.05) is 326 Å². The summed E-state index contributed by atoms with van der Waals surface area (Å²) in [5, 5.41) is 87.6. The van der Waals surface area contributed by atoms with Crippen LogP contribution in [0.25, 0.3) is 0 Å². The van der Waals surface area contributed by atoms with Crippen molar-refractivity contribution >= 4 is 5.91 Å². The number of carbonyl (C=O) groups excluding carboxylic acids is 1. The van der Waals surface area contributed by atoms with Crippen molar-refractivity contribution < 1.29 is 64.6 Å². The van der Waals surface area contributed by atoms with Crippen LogP contribution in [0.15, 0.2) is 36.5 Å². The Morgan fingerprint density at radius 1 is 0.385 bits per heavy atom. The van der Waals surface area contributed by atoms with Gasteiger partial charge in [0.05, 0.1) is 32.0 Å². The number of hydrogen-bond donors (Lipinski definition) is 9. The van der Waals surface area contributed by atoms with E-state index >= 15 is 0 Å². The smallest absolute Gasteiger partial charge is 0.220 e. The van der Waals surface area contributed by atoms with E-state index in [1.165, 1.54) is 289 Å². The molecule has 0 aliphatic carbocycles. The lowest BCUT2D eigenvalue weighted by molar-refractivity contribution is -0.359. The van der Waals surface area contributed by atoms with Crippen LogP contribution in [0.2, 0.25) is 0 Å². The number of amides is 1. The molecule has 12 atom stereocenters. The molecular formula is C77H145NO13. The van der Waals surface area contributed by atoms with Gasteiger partial charge >= 0.3 is 0 Å². The molecule has 12 unspecified atom stereocenters. The van der Waals surface area contributed by atoms with Crippen molar-refractivity contribution in [1.29, 1.82) is 0 Å². The summed E-state index contributed by atoms with van der Waals surface area (Å²) in [6.45, 7) is 2.84. The molecule has 2 aliphatic rings. The van der Waals surface area contributed by atoms with Gasteiger partial charge in [0.2, 0.25) is 5.91 Å². The third kappa shape index (κ3) is 45.4. The lowest BCUT2D eigenvalue weighted by Gasteiger charge is -2.46. The topological polar surface area (TPSA) is 228 Å². The molecule has 0 bridgehead atoms. The highest BCUT2D eigenvalue weighted by atomic mass is 16.7. The maximum atomic E-state index is 13.4. The van der Waals surface area contributed by atoms with Crippen LogP contribution >= 0.6 is 0 Å².